The van der Waals surface area contributed by atoms with Gasteiger partial charge in [0, 0.05) is 36.5 Å². The molecule has 7 nitrogen and oxygen atoms in total. The van der Waals surface area contributed by atoms with Gasteiger partial charge in [0.2, 0.25) is 0 Å². The number of pyridine rings is 1. The molecule has 1 aliphatic carbocycles. The molecule has 0 radical (unpaired) electrons. The third-order valence-corrected chi connectivity index (χ3v) is 6.41. The predicted octanol–water partition coefficient (Wildman–Crippen LogP) is 3.38. The number of anilines is 1. The summed E-state index contributed by atoms with van der Waals surface area (Å²) in [6.07, 6.45) is 8.07. The molecular weight excluding hydrogens is 402 g/mol. The summed E-state index contributed by atoms with van der Waals surface area (Å²) in [4.78, 5) is 17.5. The molecule has 0 aliphatic heterocycles. The first kappa shape index (κ1) is 24.4. The number of aliphatic hydroxyl groups is 1. The van der Waals surface area contributed by atoms with Crippen molar-refractivity contribution < 1.29 is 9.90 Å². The van der Waals surface area contributed by atoms with Gasteiger partial charge in [0.25, 0.3) is 5.91 Å². The average molecular weight is 442 g/mol. The Balaban J connectivity index is 1.76. The number of aromatic nitrogens is 1. The summed E-state index contributed by atoms with van der Waals surface area (Å²) in [5.74, 6) is 0.274. The van der Waals surface area contributed by atoms with Gasteiger partial charge < -0.3 is 26.8 Å². The minimum Gasteiger partial charge on any atom is -0.396 e. The van der Waals surface area contributed by atoms with Crippen molar-refractivity contribution in [2.45, 2.75) is 77.0 Å². The minimum absolute atomic E-state index is 0.0147. The van der Waals surface area contributed by atoms with Crippen molar-refractivity contribution in [3.63, 3.8) is 0 Å². The second-order valence-corrected chi connectivity index (χ2v) is 9.03. The summed E-state index contributed by atoms with van der Waals surface area (Å²) < 4.78 is 0. The molecule has 3 unspecified atom stereocenters. The van der Waals surface area contributed by atoms with Crippen molar-refractivity contribution in [2.24, 2.45) is 11.7 Å². The van der Waals surface area contributed by atoms with E-state index in [1.165, 1.54) is 38.5 Å². The zero-order valence-electron chi connectivity index (χ0n) is 19.4. The van der Waals surface area contributed by atoms with Gasteiger partial charge in [0.05, 0.1) is 17.2 Å². The van der Waals surface area contributed by atoms with Crippen LogP contribution in [0.25, 0.3) is 10.9 Å². The molecule has 0 saturated heterocycles. The van der Waals surface area contributed by atoms with E-state index in [4.69, 9.17) is 10.7 Å². The van der Waals surface area contributed by atoms with Gasteiger partial charge >= 0.3 is 0 Å². The Bertz CT molecular complexity index is 865. The Kier molecular flexibility index (Phi) is 9.26. The highest BCUT2D eigenvalue weighted by atomic mass is 16.3. The molecule has 3 atom stereocenters. The number of para-hydroxylation sites is 1. The van der Waals surface area contributed by atoms with Crippen LogP contribution < -0.4 is 21.7 Å². The normalized spacial score (nSPS) is 18.0. The number of hydrogen-bond acceptors (Lipinski definition) is 6. The zero-order chi connectivity index (χ0) is 22.9. The highest BCUT2D eigenvalue weighted by Crippen LogP contribution is 2.23. The topological polar surface area (TPSA) is 112 Å². The summed E-state index contributed by atoms with van der Waals surface area (Å²) in [5, 5.41) is 21.0. The molecule has 6 N–H and O–H groups in total. The van der Waals surface area contributed by atoms with E-state index in [1.54, 1.807) is 6.92 Å². The minimum atomic E-state index is -0.458. The van der Waals surface area contributed by atoms with Crippen LogP contribution in [-0.2, 0) is 0 Å². The summed E-state index contributed by atoms with van der Waals surface area (Å²) in [6, 6.07) is 10.3. The van der Waals surface area contributed by atoms with Crippen LogP contribution in [0.4, 0.5) is 5.82 Å². The molecule has 1 aromatic heterocycles. The smallest absolute Gasteiger partial charge is 0.256 e. The first-order valence-electron chi connectivity index (χ1n) is 12.1. The van der Waals surface area contributed by atoms with Crippen molar-refractivity contribution in [3.05, 3.63) is 35.9 Å². The molecule has 0 bridgehead atoms. The van der Waals surface area contributed by atoms with Crippen molar-refractivity contribution in [2.75, 3.05) is 18.5 Å². The molecular formula is C25H39N5O2. The van der Waals surface area contributed by atoms with Crippen LogP contribution >= 0.6 is 0 Å². The number of nitrogens with two attached hydrogens (primary N) is 1. The van der Waals surface area contributed by atoms with Crippen LogP contribution in [-0.4, -0.2) is 47.4 Å². The summed E-state index contributed by atoms with van der Waals surface area (Å²) >= 11 is 0. The van der Waals surface area contributed by atoms with E-state index < -0.39 is 6.17 Å². The lowest BCUT2D eigenvalue weighted by molar-refractivity contribution is 0.0942. The van der Waals surface area contributed by atoms with E-state index in [9.17, 15) is 9.90 Å². The van der Waals surface area contributed by atoms with Gasteiger partial charge in [-0.05, 0) is 38.3 Å². The maximum atomic E-state index is 12.8. The zero-order valence-corrected chi connectivity index (χ0v) is 19.4. The first-order chi connectivity index (χ1) is 15.5. The van der Waals surface area contributed by atoms with E-state index >= 15 is 0 Å². The fourth-order valence-electron chi connectivity index (χ4n) is 4.61. The fraction of sp³-hybridized carbons (Fsp3) is 0.600. The van der Waals surface area contributed by atoms with Crippen molar-refractivity contribution >= 4 is 22.6 Å². The molecule has 1 aromatic carbocycles. The van der Waals surface area contributed by atoms with E-state index in [0.29, 0.717) is 24.0 Å². The maximum absolute atomic E-state index is 12.8. The highest BCUT2D eigenvalue weighted by molar-refractivity contribution is 6.02. The Hall–Kier alpha value is -2.22. The SMILES string of the molecule is CCC(NC1CCCCCC1)C(CO)CNc1nc2ccccc2cc1C(=O)NC(C)N. The predicted molar refractivity (Wildman–Crippen MR) is 131 cm³/mol. The molecule has 176 valence electrons. The summed E-state index contributed by atoms with van der Waals surface area (Å²) in [7, 11) is 0. The fourth-order valence-corrected chi connectivity index (χ4v) is 4.61. The van der Waals surface area contributed by atoms with Crippen molar-refractivity contribution in [1.82, 2.24) is 15.6 Å². The van der Waals surface area contributed by atoms with Gasteiger partial charge in [0.15, 0.2) is 0 Å². The molecule has 32 heavy (non-hydrogen) atoms. The molecule has 1 aliphatic rings. The number of carbonyl (C=O) groups is 1. The van der Waals surface area contributed by atoms with Gasteiger partial charge in [-0.15, -0.1) is 0 Å². The molecule has 1 saturated carbocycles. The maximum Gasteiger partial charge on any atom is 0.256 e. The number of aliphatic hydroxyl groups excluding tert-OH is 1. The van der Waals surface area contributed by atoms with Crippen molar-refractivity contribution in [1.29, 1.82) is 0 Å². The Morgan fingerprint density at radius 2 is 1.94 bits per heavy atom. The molecule has 1 heterocycles. The Labute approximate surface area is 191 Å². The lowest BCUT2D eigenvalue weighted by Crippen LogP contribution is -2.46. The molecule has 0 spiro atoms. The number of fused-ring (bicyclic) bond motifs is 1. The molecule has 1 fully saturated rings. The summed E-state index contributed by atoms with van der Waals surface area (Å²) in [6.45, 7) is 4.48. The van der Waals surface area contributed by atoms with Crippen LogP contribution in [0.2, 0.25) is 0 Å². The van der Waals surface area contributed by atoms with Gasteiger partial charge in [-0.3, -0.25) is 4.79 Å². The number of amides is 1. The second kappa shape index (κ2) is 12.1. The van der Waals surface area contributed by atoms with Crippen LogP contribution in [0, 0.1) is 5.92 Å². The van der Waals surface area contributed by atoms with E-state index in [-0.39, 0.29) is 24.5 Å². The summed E-state index contributed by atoms with van der Waals surface area (Å²) in [5.41, 5.74) is 7.06. The average Bonchev–Trinajstić information content (AvgIpc) is 3.06. The lowest BCUT2D eigenvalue weighted by atomic mass is 9.95. The number of nitrogens with one attached hydrogen (secondary N) is 3. The molecule has 7 heteroatoms. The van der Waals surface area contributed by atoms with E-state index in [2.05, 4.69) is 22.9 Å². The molecule has 3 rings (SSSR count). The lowest BCUT2D eigenvalue weighted by Gasteiger charge is -2.30. The number of rotatable bonds is 10. The molecule has 1 amide bonds. The molecule has 2 aromatic rings. The number of benzene rings is 1. The largest absolute Gasteiger partial charge is 0.396 e. The highest BCUT2D eigenvalue weighted by Gasteiger charge is 2.24. The van der Waals surface area contributed by atoms with Crippen molar-refractivity contribution in [3.8, 4) is 0 Å². The van der Waals surface area contributed by atoms with E-state index in [0.717, 1.165) is 17.3 Å². The van der Waals surface area contributed by atoms with Gasteiger partial charge in [-0.1, -0.05) is 50.8 Å². The number of carbonyl (C=O) groups excluding carboxylic acids is 1. The third-order valence-electron chi connectivity index (χ3n) is 6.41. The third kappa shape index (κ3) is 6.64. The first-order valence-corrected chi connectivity index (χ1v) is 12.1. The second-order valence-electron chi connectivity index (χ2n) is 9.03. The quantitative estimate of drug-likeness (QED) is 0.285. The van der Waals surface area contributed by atoms with Crippen LogP contribution in [0.5, 0.6) is 0 Å². The van der Waals surface area contributed by atoms with Crippen LogP contribution in [0.1, 0.15) is 69.2 Å². The number of nitrogens with zero attached hydrogens (tertiary/aromatic N) is 1. The standard InChI is InChI=1S/C25H39N5O2/c1-3-22(29-20-11-6-4-5-7-12-20)19(16-31)15-27-24-21(25(32)28-17(2)26)14-18-10-8-9-13-23(18)30-24/h8-10,13-14,17,19-20,22,29,31H,3-7,11-12,15-16,26H2,1-2H3,(H,27,30)(H,28,32). The van der Waals surface area contributed by atoms with E-state index in [1.807, 2.05) is 30.3 Å². The Morgan fingerprint density at radius 1 is 1.22 bits per heavy atom. The van der Waals surface area contributed by atoms with Gasteiger partial charge in [0.1, 0.15) is 5.82 Å². The van der Waals surface area contributed by atoms with Gasteiger partial charge in [-0.2, -0.15) is 0 Å². The number of hydrogen-bond donors (Lipinski definition) is 5. The van der Waals surface area contributed by atoms with Crippen LogP contribution in [0.3, 0.4) is 0 Å². The van der Waals surface area contributed by atoms with Gasteiger partial charge in [-0.25, -0.2) is 4.98 Å². The van der Waals surface area contributed by atoms with Crippen LogP contribution in [0.15, 0.2) is 30.3 Å². The monoisotopic (exact) mass is 441 g/mol. The Morgan fingerprint density at radius 3 is 2.59 bits per heavy atom.